The standard InChI is InChI=1S/C15H14F3NO/c1-9(19)15(10-2-4-11(16)5-3-10)20-12-6-7-13(17)14(18)8-12/h2-9,15H,19H2,1H3. The van der Waals surface area contributed by atoms with E-state index in [0.29, 0.717) is 5.56 Å². The molecule has 0 fully saturated rings. The number of hydrogen-bond acceptors (Lipinski definition) is 2. The molecule has 0 aliphatic heterocycles. The minimum Gasteiger partial charge on any atom is -0.484 e. The molecule has 0 saturated carbocycles. The van der Waals surface area contributed by atoms with Gasteiger partial charge in [0.2, 0.25) is 0 Å². The molecular formula is C15H14F3NO. The molecule has 5 heteroatoms. The van der Waals surface area contributed by atoms with Crippen LogP contribution in [0.1, 0.15) is 18.6 Å². The number of ether oxygens (including phenoxy) is 1. The Hall–Kier alpha value is -2.01. The summed E-state index contributed by atoms with van der Waals surface area (Å²) in [5, 5.41) is 0. The Balaban J connectivity index is 2.25. The van der Waals surface area contributed by atoms with Crippen LogP contribution in [0.2, 0.25) is 0 Å². The first-order valence-electron chi connectivity index (χ1n) is 6.10. The van der Waals surface area contributed by atoms with Gasteiger partial charge in [-0.05, 0) is 36.8 Å². The van der Waals surface area contributed by atoms with Gasteiger partial charge in [-0.15, -0.1) is 0 Å². The van der Waals surface area contributed by atoms with Crippen LogP contribution in [0.3, 0.4) is 0 Å². The van der Waals surface area contributed by atoms with Gasteiger partial charge in [0.05, 0.1) is 0 Å². The van der Waals surface area contributed by atoms with E-state index in [9.17, 15) is 13.2 Å². The SMILES string of the molecule is CC(N)C(Oc1ccc(F)c(F)c1)c1ccc(F)cc1. The van der Waals surface area contributed by atoms with Gasteiger partial charge in [0.25, 0.3) is 0 Å². The fourth-order valence-electron chi connectivity index (χ4n) is 1.83. The van der Waals surface area contributed by atoms with Crippen LogP contribution in [-0.2, 0) is 0 Å². The van der Waals surface area contributed by atoms with Gasteiger partial charge in [-0.3, -0.25) is 0 Å². The molecule has 0 aliphatic carbocycles. The molecule has 0 heterocycles. The lowest BCUT2D eigenvalue weighted by molar-refractivity contribution is 0.179. The van der Waals surface area contributed by atoms with Crippen LogP contribution >= 0.6 is 0 Å². The summed E-state index contributed by atoms with van der Waals surface area (Å²) >= 11 is 0. The molecule has 0 radical (unpaired) electrons. The third kappa shape index (κ3) is 3.30. The molecule has 106 valence electrons. The normalized spacial score (nSPS) is 13.8. The fraction of sp³-hybridized carbons (Fsp3) is 0.200. The third-order valence-electron chi connectivity index (χ3n) is 2.83. The van der Waals surface area contributed by atoms with E-state index in [4.69, 9.17) is 10.5 Å². The summed E-state index contributed by atoms with van der Waals surface area (Å²) in [6, 6.07) is 8.51. The molecule has 2 aromatic carbocycles. The van der Waals surface area contributed by atoms with Gasteiger partial charge in [-0.2, -0.15) is 0 Å². The van der Waals surface area contributed by atoms with Crippen LogP contribution < -0.4 is 10.5 Å². The zero-order valence-electron chi connectivity index (χ0n) is 10.8. The zero-order valence-corrected chi connectivity index (χ0v) is 10.8. The summed E-state index contributed by atoms with van der Waals surface area (Å²) in [4.78, 5) is 0. The molecule has 2 aromatic rings. The van der Waals surface area contributed by atoms with E-state index in [1.807, 2.05) is 0 Å². The van der Waals surface area contributed by atoms with Crippen molar-refractivity contribution < 1.29 is 17.9 Å². The Bertz CT molecular complexity index is 584. The smallest absolute Gasteiger partial charge is 0.162 e. The van der Waals surface area contributed by atoms with E-state index < -0.39 is 23.8 Å². The Labute approximate surface area is 115 Å². The molecule has 2 N–H and O–H groups in total. The van der Waals surface area contributed by atoms with Crippen molar-refractivity contribution in [2.75, 3.05) is 0 Å². The van der Waals surface area contributed by atoms with E-state index in [0.717, 1.165) is 12.1 Å². The molecule has 2 rings (SSSR count). The molecule has 2 unspecified atom stereocenters. The summed E-state index contributed by atoms with van der Waals surface area (Å²) in [7, 11) is 0. The van der Waals surface area contributed by atoms with Crippen molar-refractivity contribution in [2.45, 2.75) is 19.1 Å². The first kappa shape index (κ1) is 14.4. The van der Waals surface area contributed by atoms with Gasteiger partial charge < -0.3 is 10.5 Å². The second-order valence-electron chi connectivity index (χ2n) is 4.53. The summed E-state index contributed by atoms with van der Waals surface area (Å²) in [6.07, 6.45) is -0.583. The van der Waals surface area contributed by atoms with Crippen LogP contribution in [0.25, 0.3) is 0 Å². The maximum absolute atomic E-state index is 13.2. The molecule has 2 atom stereocenters. The quantitative estimate of drug-likeness (QED) is 0.929. The third-order valence-corrected chi connectivity index (χ3v) is 2.83. The number of nitrogens with two attached hydrogens (primary N) is 1. The van der Waals surface area contributed by atoms with E-state index >= 15 is 0 Å². The predicted molar refractivity (Wildman–Crippen MR) is 69.8 cm³/mol. The van der Waals surface area contributed by atoms with Crippen LogP contribution in [0.15, 0.2) is 42.5 Å². The maximum Gasteiger partial charge on any atom is 0.162 e. The molecule has 0 bridgehead atoms. The minimum absolute atomic E-state index is 0.163. The maximum atomic E-state index is 13.2. The van der Waals surface area contributed by atoms with Crippen molar-refractivity contribution in [1.82, 2.24) is 0 Å². The highest BCUT2D eigenvalue weighted by molar-refractivity contribution is 5.27. The van der Waals surface area contributed by atoms with Gasteiger partial charge in [0, 0.05) is 12.1 Å². The van der Waals surface area contributed by atoms with Crippen molar-refractivity contribution in [1.29, 1.82) is 0 Å². The molecule has 0 amide bonds. The topological polar surface area (TPSA) is 35.2 Å². The van der Waals surface area contributed by atoms with Crippen molar-refractivity contribution in [3.05, 3.63) is 65.5 Å². The molecular weight excluding hydrogens is 267 g/mol. The van der Waals surface area contributed by atoms with Crippen molar-refractivity contribution in [2.24, 2.45) is 5.73 Å². The average molecular weight is 281 g/mol. The minimum atomic E-state index is -0.995. The number of rotatable bonds is 4. The molecule has 2 nitrogen and oxygen atoms in total. The largest absolute Gasteiger partial charge is 0.484 e. The monoisotopic (exact) mass is 281 g/mol. The highest BCUT2D eigenvalue weighted by Crippen LogP contribution is 2.25. The number of halogens is 3. The fourth-order valence-corrected chi connectivity index (χ4v) is 1.83. The summed E-state index contributed by atoms with van der Waals surface area (Å²) in [5.74, 6) is -2.15. The lowest BCUT2D eigenvalue weighted by Gasteiger charge is -2.23. The second-order valence-corrected chi connectivity index (χ2v) is 4.53. The first-order valence-corrected chi connectivity index (χ1v) is 6.10. The Morgan fingerprint density at radius 1 is 0.950 bits per heavy atom. The van der Waals surface area contributed by atoms with Gasteiger partial charge in [0.15, 0.2) is 11.6 Å². The van der Waals surface area contributed by atoms with Crippen LogP contribution in [0.4, 0.5) is 13.2 Å². The van der Waals surface area contributed by atoms with Crippen LogP contribution in [-0.4, -0.2) is 6.04 Å². The second kappa shape index (κ2) is 5.96. The average Bonchev–Trinajstić information content (AvgIpc) is 2.41. The lowest BCUT2D eigenvalue weighted by Crippen LogP contribution is -2.29. The van der Waals surface area contributed by atoms with Crippen LogP contribution in [0, 0.1) is 17.5 Å². The molecule has 0 aromatic heterocycles. The zero-order chi connectivity index (χ0) is 14.7. The van der Waals surface area contributed by atoms with Gasteiger partial charge in [-0.25, -0.2) is 13.2 Å². The van der Waals surface area contributed by atoms with E-state index in [2.05, 4.69) is 0 Å². The molecule has 20 heavy (non-hydrogen) atoms. The molecule has 0 saturated heterocycles. The lowest BCUT2D eigenvalue weighted by atomic mass is 10.0. The van der Waals surface area contributed by atoms with Crippen molar-refractivity contribution >= 4 is 0 Å². The van der Waals surface area contributed by atoms with E-state index in [1.165, 1.54) is 18.2 Å². The van der Waals surface area contributed by atoms with E-state index in [1.54, 1.807) is 19.1 Å². The number of benzene rings is 2. The molecule has 0 spiro atoms. The predicted octanol–water partition coefficient (Wildman–Crippen LogP) is 3.57. The Kier molecular flexibility index (Phi) is 4.29. The summed E-state index contributed by atoms with van der Waals surface area (Å²) < 4.78 is 44.5. The van der Waals surface area contributed by atoms with E-state index in [-0.39, 0.29) is 11.6 Å². The highest BCUT2D eigenvalue weighted by Gasteiger charge is 2.19. The summed E-state index contributed by atoms with van der Waals surface area (Å²) in [6.45, 7) is 1.72. The van der Waals surface area contributed by atoms with Crippen molar-refractivity contribution in [3.8, 4) is 5.75 Å². The van der Waals surface area contributed by atoms with Gasteiger partial charge >= 0.3 is 0 Å². The molecule has 0 aliphatic rings. The van der Waals surface area contributed by atoms with Gasteiger partial charge in [-0.1, -0.05) is 12.1 Å². The Morgan fingerprint density at radius 3 is 2.15 bits per heavy atom. The highest BCUT2D eigenvalue weighted by atomic mass is 19.2. The first-order chi connectivity index (χ1) is 9.47. The number of hydrogen-bond donors (Lipinski definition) is 1. The van der Waals surface area contributed by atoms with Gasteiger partial charge in [0.1, 0.15) is 17.7 Å². The Morgan fingerprint density at radius 2 is 1.60 bits per heavy atom. The van der Waals surface area contributed by atoms with Crippen LogP contribution in [0.5, 0.6) is 5.75 Å². The van der Waals surface area contributed by atoms with Crippen molar-refractivity contribution in [3.63, 3.8) is 0 Å². The summed E-state index contributed by atoms with van der Waals surface area (Å²) in [5.41, 5.74) is 6.49.